The molecule has 1 aromatic heterocycles. The Kier molecular flexibility index (Phi) is 3.55. The average molecular weight is 258 g/mol. The number of carbonyl (C=O) groups excluding carboxylic acids is 1. The molecule has 5 nitrogen and oxygen atoms in total. The molecular weight excluding hydrogens is 240 g/mol. The molecule has 0 fully saturated rings. The van der Waals surface area contributed by atoms with E-state index in [-0.39, 0.29) is 11.9 Å². The summed E-state index contributed by atoms with van der Waals surface area (Å²) >= 11 is 0. The van der Waals surface area contributed by atoms with E-state index in [0.717, 1.165) is 11.3 Å². The van der Waals surface area contributed by atoms with E-state index < -0.39 is 0 Å². The second kappa shape index (κ2) is 5.14. The lowest BCUT2D eigenvalue weighted by Crippen LogP contribution is -2.26. The Morgan fingerprint density at radius 3 is 2.79 bits per heavy atom. The van der Waals surface area contributed by atoms with E-state index in [4.69, 9.17) is 5.73 Å². The first-order valence-electron chi connectivity index (χ1n) is 6.14. The zero-order valence-electron chi connectivity index (χ0n) is 11.3. The van der Waals surface area contributed by atoms with Crippen LogP contribution < -0.4 is 11.1 Å². The molecule has 5 heteroatoms. The van der Waals surface area contributed by atoms with Crippen molar-refractivity contribution in [2.45, 2.75) is 19.9 Å². The van der Waals surface area contributed by atoms with Crippen molar-refractivity contribution in [2.24, 2.45) is 7.05 Å². The molecule has 0 aliphatic heterocycles. The molecule has 2 aromatic rings. The summed E-state index contributed by atoms with van der Waals surface area (Å²) in [5, 5.41) is 7.11. The highest BCUT2D eigenvalue weighted by atomic mass is 16.1. The van der Waals surface area contributed by atoms with Crippen molar-refractivity contribution in [1.82, 2.24) is 15.1 Å². The lowest BCUT2D eigenvalue weighted by Gasteiger charge is -2.14. The summed E-state index contributed by atoms with van der Waals surface area (Å²) < 4.78 is 1.63. The van der Waals surface area contributed by atoms with E-state index in [1.807, 2.05) is 38.1 Å². The van der Waals surface area contributed by atoms with E-state index >= 15 is 0 Å². The molecule has 100 valence electrons. The molecule has 3 N–H and O–H groups in total. The third-order valence-electron chi connectivity index (χ3n) is 3.02. The van der Waals surface area contributed by atoms with Gasteiger partial charge >= 0.3 is 0 Å². The molecule has 0 saturated heterocycles. The predicted octanol–water partition coefficient (Wildman–Crippen LogP) is 1.80. The summed E-state index contributed by atoms with van der Waals surface area (Å²) in [6.07, 6.45) is 1.72. The predicted molar refractivity (Wildman–Crippen MR) is 74.7 cm³/mol. The molecule has 0 spiro atoms. The van der Waals surface area contributed by atoms with E-state index in [1.54, 1.807) is 17.9 Å². The number of amides is 1. The number of aryl methyl sites for hydroxylation is 2. The van der Waals surface area contributed by atoms with Crippen LogP contribution in [0.3, 0.4) is 0 Å². The third kappa shape index (κ3) is 2.93. The largest absolute Gasteiger partial charge is 0.399 e. The summed E-state index contributed by atoms with van der Waals surface area (Å²) in [6.45, 7) is 3.75. The van der Waals surface area contributed by atoms with Crippen molar-refractivity contribution in [2.75, 3.05) is 5.73 Å². The minimum Gasteiger partial charge on any atom is -0.399 e. The molecule has 0 radical (unpaired) electrons. The molecule has 0 bridgehead atoms. The molecule has 1 amide bonds. The lowest BCUT2D eigenvalue weighted by atomic mass is 10.1. The molecule has 1 aromatic carbocycles. The number of hydrogen-bond donors (Lipinski definition) is 2. The quantitative estimate of drug-likeness (QED) is 0.824. The van der Waals surface area contributed by atoms with Gasteiger partial charge in [0.25, 0.3) is 5.91 Å². The maximum Gasteiger partial charge on any atom is 0.255 e. The first kappa shape index (κ1) is 13.1. The van der Waals surface area contributed by atoms with Crippen LogP contribution in [0.4, 0.5) is 5.69 Å². The van der Waals surface area contributed by atoms with Gasteiger partial charge in [-0.05, 0) is 31.5 Å². The van der Waals surface area contributed by atoms with Crippen LogP contribution in [-0.2, 0) is 7.05 Å². The van der Waals surface area contributed by atoms with Crippen molar-refractivity contribution in [3.05, 3.63) is 47.3 Å². The Balaban J connectivity index is 2.13. The number of nitrogens with two attached hydrogens (primary N) is 1. The van der Waals surface area contributed by atoms with Gasteiger partial charge in [0.2, 0.25) is 0 Å². The Morgan fingerprint density at radius 1 is 1.47 bits per heavy atom. The van der Waals surface area contributed by atoms with Crippen LogP contribution >= 0.6 is 0 Å². The van der Waals surface area contributed by atoms with E-state index in [1.165, 1.54) is 0 Å². The first-order valence-corrected chi connectivity index (χ1v) is 6.14. The molecule has 19 heavy (non-hydrogen) atoms. The number of rotatable bonds is 3. The number of nitrogen functional groups attached to an aromatic ring is 1. The number of nitrogens with one attached hydrogen (secondary N) is 1. The first-order chi connectivity index (χ1) is 8.97. The van der Waals surface area contributed by atoms with Crippen molar-refractivity contribution in [3.8, 4) is 0 Å². The van der Waals surface area contributed by atoms with E-state index in [2.05, 4.69) is 10.4 Å². The fourth-order valence-electron chi connectivity index (χ4n) is 2.01. The maximum atomic E-state index is 12.2. The number of benzene rings is 1. The van der Waals surface area contributed by atoms with Crippen molar-refractivity contribution < 1.29 is 4.79 Å². The fourth-order valence-corrected chi connectivity index (χ4v) is 2.01. The zero-order chi connectivity index (χ0) is 14.0. The highest BCUT2D eigenvalue weighted by Gasteiger charge is 2.15. The van der Waals surface area contributed by atoms with Crippen molar-refractivity contribution in [1.29, 1.82) is 0 Å². The molecule has 0 aliphatic carbocycles. The topological polar surface area (TPSA) is 72.9 Å². The number of hydrogen-bond acceptors (Lipinski definition) is 3. The normalized spacial score (nSPS) is 12.2. The Morgan fingerprint density at radius 2 is 2.21 bits per heavy atom. The molecular formula is C14H18N4O. The molecule has 1 heterocycles. The molecule has 2 rings (SSSR count). The van der Waals surface area contributed by atoms with Crippen molar-refractivity contribution in [3.63, 3.8) is 0 Å². The Bertz CT molecular complexity index is 603. The van der Waals surface area contributed by atoms with Crippen LogP contribution in [0.25, 0.3) is 0 Å². The zero-order valence-corrected chi connectivity index (χ0v) is 11.3. The molecule has 0 aliphatic rings. The van der Waals surface area contributed by atoms with Gasteiger partial charge in [-0.3, -0.25) is 9.48 Å². The number of nitrogens with zero attached hydrogens (tertiary/aromatic N) is 2. The SMILES string of the molecule is Cc1nn(C)cc1C(=O)NC(C)c1cccc(N)c1. The Hall–Kier alpha value is -2.30. The smallest absolute Gasteiger partial charge is 0.255 e. The average Bonchev–Trinajstić information content (AvgIpc) is 2.68. The van der Waals surface area contributed by atoms with Gasteiger partial charge in [0.1, 0.15) is 0 Å². The minimum atomic E-state index is -0.125. The van der Waals surface area contributed by atoms with Gasteiger partial charge in [-0.2, -0.15) is 5.10 Å². The molecule has 1 atom stereocenters. The molecule has 1 unspecified atom stereocenters. The second-order valence-corrected chi connectivity index (χ2v) is 4.67. The van der Waals surface area contributed by atoms with Gasteiger partial charge in [-0.25, -0.2) is 0 Å². The van der Waals surface area contributed by atoms with Crippen LogP contribution in [0.15, 0.2) is 30.5 Å². The minimum absolute atomic E-state index is 0.101. The third-order valence-corrected chi connectivity index (χ3v) is 3.02. The highest BCUT2D eigenvalue weighted by molar-refractivity contribution is 5.95. The highest BCUT2D eigenvalue weighted by Crippen LogP contribution is 2.16. The van der Waals surface area contributed by atoms with E-state index in [9.17, 15) is 4.79 Å². The van der Waals surface area contributed by atoms with E-state index in [0.29, 0.717) is 11.3 Å². The van der Waals surface area contributed by atoms with Gasteiger partial charge in [0.15, 0.2) is 0 Å². The number of anilines is 1. The van der Waals surface area contributed by atoms with Crippen LogP contribution in [0.5, 0.6) is 0 Å². The van der Waals surface area contributed by atoms with Crippen LogP contribution in [0, 0.1) is 6.92 Å². The standard InChI is InChI=1S/C14H18N4O/c1-9(11-5-4-6-12(15)7-11)16-14(19)13-8-18(3)17-10(13)2/h4-9H,15H2,1-3H3,(H,16,19). The lowest BCUT2D eigenvalue weighted by molar-refractivity contribution is 0.0939. The summed E-state index contributed by atoms with van der Waals surface area (Å²) in [7, 11) is 1.80. The van der Waals surface area contributed by atoms with Gasteiger partial charge in [-0.15, -0.1) is 0 Å². The number of aromatic nitrogens is 2. The monoisotopic (exact) mass is 258 g/mol. The summed E-state index contributed by atoms with van der Waals surface area (Å²) in [6, 6.07) is 7.40. The Labute approximate surface area is 112 Å². The summed E-state index contributed by atoms with van der Waals surface area (Å²) in [5.74, 6) is -0.125. The van der Waals surface area contributed by atoms with Crippen LogP contribution in [0.1, 0.15) is 34.6 Å². The van der Waals surface area contributed by atoms with Crippen molar-refractivity contribution >= 4 is 11.6 Å². The molecule has 0 saturated carbocycles. The second-order valence-electron chi connectivity index (χ2n) is 4.67. The van der Waals surface area contributed by atoms with Crippen LogP contribution in [-0.4, -0.2) is 15.7 Å². The maximum absolute atomic E-state index is 12.2. The fraction of sp³-hybridized carbons (Fsp3) is 0.286. The summed E-state index contributed by atoms with van der Waals surface area (Å²) in [4.78, 5) is 12.2. The van der Waals surface area contributed by atoms with Gasteiger partial charge in [0.05, 0.1) is 17.3 Å². The van der Waals surface area contributed by atoms with Gasteiger partial charge in [-0.1, -0.05) is 12.1 Å². The van der Waals surface area contributed by atoms with Gasteiger partial charge in [0, 0.05) is 18.9 Å². The number of carbonyl (C=O) groups is 1. The summed E-state index contributed by atoms with van der Waals surface area (Å²) in [5.41, 5.74) is 8.73. The van der Waals surface area contributed by atoms with Crippen LogP contribution in [0.2, 0.25) is 0 Å². The van der Waals surface area contributed by atoms with Gasteiger partial charge < -0.3 is 11.1 Å².